The Balaban J connectivity index is 1.68. The Morgan fingerprint density at radius 2 is 1.89 bits per heavy atom. The second kappa shape index (κ2) is 7.90. The van der Waals surface area contributed by atoms with Crippen molar-refractivity contribution in [3.8, 4) is 5.75 Å². The van der Waals surface area contributed by atoms with Gasteiger partial charge in [0.1, 0.15) is 12.4 Å². The van der Waals surface area contributed by atoms with Crippen LogP contribution in [0.4, 0.5) is 5.69 Å². The summed E-state index contributed by atoms with van der Waals surface area (Å²) in [4.78, 5) is 0.237. The van der Waals surface area contributed by atoms with Crippen molar-refractivity contribution in [1.29, 1.82) is 0 Å². The van der Waals surface area contributed by atoms with Gasteiger partial charge in [0.2, 0.25) is 0 Å². The summed E-state index contributed by atoms with van der Waals surface area (Å²) in [6, 6.07) is 14.0. The van der Waals surface area contributed by atoms with Gasteiger partial charge in [0.25, 0.3) is 10.0 Å². The van der Waals surface area contributed by atoms with Crippen LogP contribution < -0.4 is 9.46 Å². The van der Waals surface area contributed by atoms with Crippen molar-refractivity contribution < 1.29 is 17.9 Å². The monoisotopic (exact) mass is 389 g/mol. The molecule has 27 heavy (non-hydrogen) atoms. The van der Waals surface area contributed by atoms with E-state index in [0.717, 1.165) is 25.0 Å². The molecule has 1 saturated heterocycles. The molecule has 1 atom stereocenters. The molecule has 6 heteroatoms. The van der Waals surface area contributed by atoms with Crippen LogP contribution in [-0.2, 0) is 20.2 Å². The highest BCUT2D eigenvalue weighted by molar-refractivity contribution is 7.92. The molecule has 1 aliphatic rings. The molecule has 1 heterocycles. The first kappa shape index (κ1) is 19.7. The minimum absolute atomic E-state index is 0.0234. The third-order valence-electron chi connectivity index (χ3n) is 4.58. The maximum Gasteiger partial charge on any atom is 0.261 e. The standard InChI is InChI=1S/C21H27NO4S/c1-21(2,3)16-9-11-20(12-10-16)27(23,24)22-17-6-4-7-18(14-17)26-15-19-8-5-13-25-19/h4,6-7,9-12,14,19,22H,5,8,13,15H2,1-3H3/t19-/m1/s1. The summed E-state index contributed by atoms with van der Waals surface area (Å²) in [5.41, 5.74) is 1.54. The van der Waals surface area contributed by atoms with Crippen molar-refractivity contribution >= 4 is 15.7 Å². The van der Waals surface area contributed by atoms with Gasteiger partial charge in [-0.3, -0.25) is 4.72 Å². The summed E-state index contributed by atoms with van der Waals surface area (Å²) in [6.07, 6.45) is 2.17. The van der Waals surface area contributed by atoms with E-state index in [1.54, 1.807) is 30.3 Å². The molecule has 2 aromatic carbocycles. The molecule has 0 bridgehead atoms. The third-order valence-corrected chi connectivity index (χ3v) is 5.97. The predicted molar refractivity (Wildman–Crippen MR) is 107 cm³/mol. The molecule has 0 aromatic heterocycles. The van der Waals surface area contributed by atoms with E-state index < -0.39 is 10.0 Å². The van der Waals surface area contributed by atoms with Gasteiger partial charge in [0.15, 0.2) is 0 Å². The van der Waals surface area contributed by atoms with E-state index in [9.17, 15) is 8.42 Å². The Bertz CT molecular complexity index is 864. The number of ether oxygens (including phenoxy) is 2. The van der Waals surface area contributed by atoms with Crippen LogP contribution in [0.1, 0.15) is 39.2 Å². The van der Waals surface area contributed by atoms with Crippen LogP contribution >= 0.6 is 0 Å². The van der Waals surface area contributed by atoms with Crippen molar-refractivity contribution in [3.05, 3.63) is 54.1 Å². The molecular formula is C21H27NO4S. The van der Waals surface area contributed by atoms with E-state index >= 15 is 0 Å². The van der Waals surface area contributed by atoms with Crippen LogP contribution in [-0.4, -0.2) is 27.7 Å². The molecule has 1 N–H and O–H groups in total. The fraction of sp³-hybridized carbons (Fsp3) is 0.429. The molecule has 0 saturated carbocycles. The zero-order valence-corrected chi connectivity index (χ0v) is 16.9. The van der Waals surface area contributed by atoms with Gasteiger partial charge in [-0.2, -0.15) is 0 Å². The lowest BCUT2D eigenvalue weighted by molar-refractivity contribution is 0.0680. The summed E-state index contributed by atoms with van der Waals surface area (Å²) < 4.78 is 39.2. The Labute approximate surface area is 161 Å². The highest BCUT2D eigenvalue weighted by atomic mass is 32.2. The van der Waals surface area contributed by atoms with Gasteiger partial charge >= 0.3 is 0 Å². The van der Waals surface area contributed by atoms with Crippen LogP contribution in [0.25, 0.3) is 0 Å². The molecule has 0 spiro atoms. The Morgan fingerprint density at radius 3 is 2.52 bits per heavy atom. The van der Waals surface area contributed by atoms with Crippen LogP contribution in [0.5, 0.6) is 5.75 Å². The van der Waals surface area contributed by atoms with Crippen molar-refractivity contribution in [2.24, 2.45) is 0 Å². The maximum absolute atomic E-state index is 12.7. The second-order valence-corrected chi connectivity index (χ2v) is 9.54. The van der Waals surface area contributed by atoms with Gasteiger partial charge in [-0.05, 0) is 48.1 Å². The van der Waals surface area contributed by atoms with Crippen LogP contribution in [0.2, 0.25) is 0 Å². The third kappa shape index (κ3) is 5.23. The predicted octanol–water partition coefficient (Wildman–Crippen LogP) is 4.34. The molecule has 0 aliphatic carbocycles. The topological polar surface area (TPSA) is 64.6 Å². The van der Waals surface area contributed by atoms with Crippen molar-refractivity contribution in [2.75, 3.05) is 17.9 Å². The van der Waals surface area contributed by atoms with Crippen molar-refractivity contribution in [1.82, 2.24) is 0 Å². The fourth-order valence-electron chi connectivity index (χ4n) is 2.96. The molecule has 1 fully saturated rings. The largest absolute Gasteiger partial charge is 0.491 e. The molecule has 0 unspecified atom stereocenters. The first-order valence-corrected chi connectivity index (χ1v) is 10.7. The lowest BCUT2D eigenvalue weighted by atomic mass is 9.87. The number of sulfonamides is 1. The molecule has 0 radical (unpaired) electrons. The normalized spacial score (nSPS) is 17.7. The number of hydrogen-bond acceptors (Lipinski definition) is 4. The molecule has 0 amide bonds. The van der Waals surface area contributed by atoms with E-state index in [2.05, 4.69) is 25.5 Å². The summed E-state index contributed by atoms with van der Waals surface area (Å²) in [5.74, 6) is 0.619. The second-order valence-electron chi connectivity index (χ2n) is 7.85. The number of nitrogens with one attached hydrogen (secondary N) is 1. The molecule has 5 nitrogen and oxygen atoms in total. The Morgan fingerprint density at radius 1 is 1.15 bits per heavy atom. The molecule has 2 aromatic rings. The van der Waals surface area contributed by atoms with Crippen LogP contribution in [0.15, 0.2) is 53.4 Å². The minimum atomic E-state index is -3.65. The molecule has 1 aliphatic heterocycles. The van der Waals surface area contributed by atoms with E-state index in [4.69, 9.17) is 9.47 Å². The zero-order valence-electron chi connectivity index (χ0n) is 16.1. The number of hydrogen-bond donors (Lipinski definition) is 1. The smallest absolute Gasteiger partial charge is 0.261 e. The quantitative estimate of drug-likeness (QED) is 0.798. The van der Waals surface area contributed by atoms with Gasteiger partial charge in [-0.1, -0.05) is 39.0 Å². The van der Waals surface area contributed by atoms with E-state index in [-0.39, 0.29) is 16.4 Å². The van der Waals surface area contributed by atoms with Crippen LogP contribution in [0.3, 0.4) is 0 Å². The van der Waals surface area contributed by atoms with Crippen molar-refractivity contribution in [2.45, 2.75) is 50.0 Å². The van der Waals surface area contributed by atoms with Crippen molar-refractivity contribution in [3.63, 3.8) is 0 Å². The number of anilines is 1. The summed E-state index contributed by atoms with van der Waals surface area (Å²) >= 11 is 0. The zero-order chi connectivity index (χ0) is 19.5. The molecule has 146 valence electrons. The SMILES string of the molecule is CC(C)(C)c1ccc(S(=O)(=O)Nc2cccc(OC[C@H]3CCCO3)c2)cc1. The Kier molecular flexibility index (Phi) is 5.77. The summed E-state index contributed by atoms with van der Waals surface area (Å²) in [7, 11) is -3.65. The lowest BCUT2D eigenvalue weighted by Crippen LogP contribution is -2.17. The number of rotatable bonds is 6. The maximum atomic E-state index is 12.7. The first-order chi connectivity index (χ1) is 12.7. The summed E-state index contributed by atoms with van der Waals surface area (Å²) in [6.45, 7) is 7.54. The van der Waals surface area contributed by atoms with E-state index in [1.807, 2.05) is 18.2 Å². The van der Waals surface area contributed by atoms with Gasteiger partial charge in [0.05, 0.1) is 16.7 Å². The van der Waals surface area contributed by atoms with E-state index in [0.29, 0.717) is 18.0 Å². The molecule has 3 rings (SSSR count). The average Bonchev–Trinajstić information content (AvgIpc) is 3.13. The first-order valence-electron chi connectivity index (χ1n) is 9.22. The Hall–Kier alpha value is -2.05. The average molecular weight is 390 g/mol. The van der Waals surface area contributed by atoms with E-state index in [1.165, 1.54) is 0 Å². The lowest BCUT2D eigenvalue weighted by Gasteiger charge is -2.19. The summed E-state index contributed by atoms with van der Waals surface area (Å²) in [5, 5.41) is 0. The molecular weight excluding hydrogens is 362 g/mol. The minimum Gasteiger partial charge on any atom is -0.491 e. The fourth-order valence-corrected chi connectivity index (χ4v) is 4.01. The van der Waals surface area contributed by atoms with Gasteiger partial charge in [0, 0.05) is 12.7 Å². The van der Waals surface area contributed by atoms with Gasteiger partial charge in [-0.25, -0.2) is 8.42 Å². The van der Waals surface area contributed by atoms with Crippen LogP contribution in [0, 0.1) is 0 Å². The number of benzene rings is 2. The highest BCUT2D eigenvalue weighted by Gasteiger charge is 2.19. The highest BCUT2D eigenvalue weighted by Crippen LogP contribution is 2.25. The van der Waals surface area contributed by atoms with Gasteiger partial charge < -0.3 is 9.47 Å². The van der Waals surface area contributed by atoms with Gasteiger partial charge in [-0.15, -0.1) is 0 Å².